The fraction of sp³-hybridized carbons (Fsp3) is 0.929. The smallest absolute Gasteiger partial charge is 0.319 e. The molecule has 0 aromatic rings. The van der Waals surface area contributed by atoms with Gasteiger partial charge in [0.25, 0.3) is 0 Å². The summed E-state index contributed by atoms with van der Waals surface area (Å²) >= 11 is 0. The van der Waals surface area contributed by atoms with E-state index < -0.39 is 24.9 Å². The minimum atomic E-state index is -2.89. The van der Waals surface area contributed by atoms with Crippen LogP contribution in [0.1, 0.15) is 92.9 Å². The van der Waals surface area contributed by atoms with Gasteiger partial charge in [-0.05, 0) is 87.6 Å². The molecule has 0 aliphatic heterocycles. The van der Waals surface area contributed by atoms with Crippen molar-refractivity contribution in [1.82, 2.24) is 0 Å². The Morgan fingerprint density at radius 2 is 0.921 bits per heavy atom. The largest absolute Gasteiger partial charge is 0.414 e. The molecule has 0 amide bonds. The molecule has 0 bridgehead atoms. The standard InChI is InChI=1S/C28H55O7PSi2/c1-27(2,3)37(7,8)34-23-15-11-21(12-16-23)25(29)19-32-36(31)33-20-26(30)22-13-17-24(18-14-22)35-38(9,10)28(4,5)6/h21-24,36H,11-20H2,1-10H3. The lowest BCUT2D eigenvalue weighted by atomic mass is 9.85. The third-order valence-corrected chi connectivity index (χ3v) is 19.3. The number of carbonyl (C=O) groups is 2. The maximum absolute atomic E-state index is 12.6. The second-order valence-electron chi connectivity index (χ2n) is 14.5. The maximum atomic E-state index is 12.6. The molecule has 0 aromatic carbocycles. The molecule has 10 heteroatoms. The highest BCUT2D eigenvalue weighted by Gasteiger charge is 2.41. The van der Waals surface area contributed by atoms with Gasteiger partial charge in [-0.3, -0.25) is 14.2 Å². The zero-order chi connectivity index (χ0) is 28.9. The molecule has 2 saturated carbocycles. The lowest BCUT2D eigenvalue weighted by Crippen LogP contribution is -2.45. The first kappa shape index (κ1) is 34.0. The normalized spacial score (nSPS) is 26.7. The molecule has 0 saturated heterocycles. The molecule has 0 unspecified atom stereocenters. The molecule has 222 valence electrons. The molecule has 0 N–H and O–H groups in total. The number of Topliss-reactive ketones (excluding diaryl/α,β-unsaturated/α-hetero) is 2. The molecule has 7 nitrogen and oxygen atoms in total. The van der Waals surface area contributed by atoms with Crippen molar-refractivity contribution >= 4 is 36.5 Å². The number of rotatable bonds is 12. The summed E-state index contributed by atoms with van der Waals surface area (Å²) in [7, 11) is -6.52. The van der Waals surface area contributed by atoms with Crippen molar-refractivity contribution in [2.75, 3.05) is 13.2 Å². The van der Waals surface area contributed by atoms with Crippen LogP contribution in [-0.2, 0) is 32.1 Å². The monoisotopic (exact) mass is 590 g/mol. The number of hydrogen-bond acceptors (Lipinski definition) is 7. The molecule has 0 spiro atoms. The van der Waals surface area contributed by atoms with Crippen LogP contribution >= 0.6 is 8.25 Å². The summed E-state index contributed by atoms with van der Waals surface area (Å²) in [6.45, 7) is 22.0. The summed E-state index contributed by atoms with van der Waals surface area (Å²) < 4.78 is 35.7. The van der Waals surface area contributed by atoms with Crippen molar-refractivity contribution in [2.45, 2.75) is 141 Å². The minimum Gasteiger partial charge on any atom is -0.414 e. The lowest BCUT2D eigenvalue weighted by molar-refractivity contribution is -0.126. The van der Waals surface area contributed by atoms with E-state index in [1.165, 1.54) is 0 Å². The van der Waals surface area contributed by atoms with E-state index in [4.69, 9.17) is 17.9 Å². The predicted molar refractivity (Wildman–Crippen MR) is 159 cm³/mol. The fourth-order valence-electron chi connectivity index (χ4n) is 4.73. The zero-order valence-electron chi connectivity index (χ0n) is 25.7. The molecule has 2 rings (SSSR count). The third kappa shape index (κ3) is 10.0. The van der Waals surface area contributed by atoms with Crippen molar-refractivity contribution in [2.24, 2.45) is 11.8 Å². The third-order valence-electron chi connectivity index (χ3n) is 9.46. The second-order valence-corrected chi connectivity index (χ2v) is 25.1. The summed E-state index contributed by atoms with van der Waals surface area (Å²) in [6.07, 6.45) is 6.96. The molecule has 0 aromatic heterocycles. The quantitative estimate of drug-likeness (QED) is 0.170. The SMILES string of the molecule is CC(C)(C)[Si](C)(C)OC1CCC(C(=O)CO[PH](=O)OCC(=O)C2CCC(O[Si](C)(C)C(C)(C)C)CC2)CC1. The highest BCUT2D eigenvalue weighted by molar-refractivity contribution is 7.33. The molecule has 2 fully saturated rings. The maximum Gasteiger partial charge on any atom is 0.319 e. The molecular weight excluding hydrogens is 535 g/mol. The first-order chi connectivity index (χ1) is 17.3. The first-order valence-electron chi connectivity index (χ1n) is 14.5. The van der Waals surface area contributed by atoms with E-state index in [2.05, 4.69) is 67.7 Å². The van der Waals surface area contributed by atoms with E-state index in [0.29, 0.717) is 0 Å². The zero-order valence-corrected chi connectivity index (χ0v) is 28.7. The van der Waals surface area contributed by atoms with Crippen molar-refractivity contribution in [3.63, 3.8) is 0 Å². The molecule has 0 atom stereocenters. The van der Waals surface area contributed by atoms with Gasteiger partial charge >= 0.3 is 8.25 Å². The predicted octanol–water partition coefficient (Wildman–Crippen LogP) is 7.71. The Hall–Kier alpha value is -0.156. The van der Waals surface area contributed by atoms with Crippen molar-refractivity contribution in [3.05, 3.63) is 0 Å². The van der Waals surface area contributed by atoms with Crippen LogP contribution in [0, 0.1) is 11.8 Å². The van der Waals surface area contributed by atoms with E-state index >= 15 is 0 Å². The van der Waals surface area contributed by atoms with Crippen LogP contribution in [0.3, 0.4) is 0 Å². The van der Waals surface area contributed by atoms with Crippen LogP contribution in [0.2, 0.25) is 36.3 Å². The number of carbonyl (C=O) groups excluding carboxylic acids is 2. The van der Waals surface area contributed by atoms with Gasteiger partial charge in [-0.25, -0.2) is 0 Å². The van der Waals surface area contributed by atoms with Gasteiger partial charge in [-0.2, -0.15) is 0 Å². The summed E-state index contributed by atoms with van der Waals surface area (Å²) in [6, 6.07) is 0. The Bertz CT molecular complexity index is 750. The van der Waals surface area contributed by atoms with Gasteiger partial charge in [-0.15, -0.1) is 0 Å². The van der Waals surface area contributed by atoms with Gasteiger partial charge in [0.15, 0.2) is 28.2 Å². The first-order valence-corrected chi connectivity index (χ1v) is 21.6. The van der Waals surface area contributed by atoms with Crippen molar-refractivity contribution in [3.8, 4) is 0 Å². The van der Waals surface area contributed by atoms with E-state index in [9.17, 15) is 14.2 Å². The molecule has 38 heavy (non-hydrogen) atoms. The molecule has 2 aliphatic rings. The Morgan fingerprint density at radius 1 is 0.632 bits per heavy atom. The lowest BCUT2D eigenvalue weighted by Gasteiger charge is -2.41. The van der Waals surface area contributed by atoms with E-state index in [1.807, 2.05) is 0 Å². The van der Waals surface area contributed by atoms with E-state index in [0.717, 1.165) is 51.4 Å². The van der Waals surface area contributed by atoms with E-state index in [1.54, 1.807) is 0 Å². The average molecular weight is 591 g/mol. The highest BCUT2D eigenvalue weighted by atomic mass is 31.1. The Morgan fingerprint density at radius 3 is 1.18 bits per heavy atom. The van der Waals surface area contributed by atoms with Crippen LogP contribution < -0.4 is 0 Å². The van der Waals surface area contributed by atoms with Crippen LogP contribution in [0.5, 0.6) is 0 Å². The molecule has 2 aliphatic carbocycles. The van der Waals surface area contributed by atoms with Gasteiger partial charge in [0, 0.05) is 24.0 Å². The summed E-state index contributed by atoms with van der Waals surface area (Å²) in [5.41, 5.74) is 0. The summed E-state index contributed by atoms with van der Waals surface area (Å²) in [4.78, 5) is 25.2. The fourth-order valence-corrected chi connectivity index (χ4v) is 8.18. The average Bonchev–Trinajstić information content (AvgIpc) is 2.80. The molecule has 0 radical (unpaired) electrons. The Kier molecular flexibility index (Phi) is 12.2. The summed E-state index contributed by atoms with van der Waals surface area (Å²) in [5.74, 6) is -0.253. The van der Waals surface area contributed by atoms with Gasteiger partial charge in [0.05, 0.1) is 0 Å². The van der Waals surface area contributed by atoms with Crippen LogP contribution in [-0.4, -0.2) is 53.6 Å². The number of ketones is 2. The second kappa shape index (κ2) is 13.7. The van der Waals surface area contributed by atoms with Gasteiger partial charge < -0.3 is 17.9 Å². The van der Waals surface area contributed by atoms with Crippen molar-refractivity contribution in [1.29, 1.82) is 0 Å². The van der Waals surface area contributed by atoms with Gasteiger partial charge in [0.2, 0.25) is 0 Å². The van der Waals surface area contributed by atoms with Gasteiger partial charge in [0.1, 0.15) is 13.2 Å². The van der Waals surface area contributed by atoms with Crippen LogP contribution in [0.25, 0.3) is 0 Å². The summed E-state index contributed by atoms with van der Waals surface area (Å²) in [5, 5.41) is 0.333. The Balaban J connectivity index is 1.65. The number of hydrogen-bond donors (Lipinski definition) is 0. The van der Waals surface area contributed by atoms with Crippen molar-refractivity contribution < 1.29 is 32.1 Å². The molecule has 0 heterocycles. The van der Waals surface area contributed by atoms with Crippen LogP contribution in [0.4, 0.5) is 0 Å². The minimum absolute atomic E-state index is 0.0379. The highest BCUT2D eigenvalue weighted by Crippen LogP contribution is 2.41. The Labute approximate surface area is 234 Å². The van der Waals surface area contributed by atoms with Crippen LogP contribution in [0.15, 0.2) is 0 Å². The molecular formula is C28H55O7PSi2. The topological polar surface area (TPSA) is 88.1 Å². The van der Waals surface area contributed by atoms with Gasteiger partial charge in [-0.1, -0.05) is 41.5 Å². The van der Waals surface area contributed by atoms with E-state index in [-0.39, 0.29) is 58.9 Å².